The SMILES string of the molecule is N#CCCNC(=O)COC(=O)CSCc1ccc(Cl)s1. The van der Waals surface area contributed by atoms with Crippen LogP contribution in [0.3, 0.4) is 0 Å². The molecule has 0 fully saturated rings. The largest absolute Gasteiger partial charge is 0.455 e. The lowest BCUT2D eigenvalue weighted by atomic mass is 10.4. The van der Waals surface area contributed by atoms with Crippen LogP contribution in [0.25, 0.3) is 0 Å². The summed E-state index contributed by atoms with van der Waals surface area (Å²) >= 11 is 8.67. The Labute approximate surface area is 130 Å². The Morgan fingerprint density at radius 3 is 2.95 bits per heavy atom. The summed E-state index contributed by atoms with van der Waals surface area (Å²) in [5.41, 5.74) is 0. The number of nitriles is 1. The van der Waals surface area contributed by atoms with E-state index in [9.17, 15) is 9.59 Å². The van der Waals surface area contributed by atoms with Gasteiger partial charge in [0.25, 0.3) is 5.91 Å². The molecule has 0 radical (unpaired) electrons. The highest BCUT2D eigenvalue weighted by Gasteiger charge is 2.08. The number of ether oxygens (including phenoxy) is 1. The van der Waals surface area contributed by atoms with Crippen molar-refractivity contribution in [3.05, 3.63) is 21.3 Å². The number of rotatable bonds is 8. The first-order chi connectivity index (χ1) is 9.61. The predicted octanol–water partition coefficient (Wildman–Crippen LogP) is 2.21. The molecule has 0 bridgehead atoms. The molecule has 20 heavy (non-hydrogen) atoms. The highest BCUT2D eigenvalue weighted by Crippen LogP contribution is 2.25. The van der Waals surface area contributed by atoms with Gasteiger partial charge in [0.15, 0.2) is 6.61 Å². The molecule has 0 aromatic carbocycles. The van der Waals surface area contributed by atoms with Crippen molar-refractivity contribution in [3.63, 3.8) is 0 Å². The molecule has 1 aromatic rings. The van der Waals surface area contributed by atoms with Crippen molar-refractivity contribution in [3.8, 4) is 6.07 Å². The zero-order valence-electron chi connectivity index (χ0n) is 10.6. The molecule has 0 unspecified atom stereocenters. The van der Waals surface area contributed by atoms with Crippen LogP contribution in [-0.2, 0) is 20.1 Å². The van der Waals surface area contributed by atoms with E-state index in [2.05, 4.69) is 5.32 Å². The molecule has 0 spiro atoms. The smallest absolute Gasteiger partial charge is 0.316 e. The van der Waals surface area contributed by atoms with E-state index in [4.69, 9.17) is 21.6 Å². The molecule has 108 valence electrons. The molecule has 1 heterocycles. The number of esters is 1. The van der Waals surface area contributed by atoms with Crippen LogP contribution in [0.1, 0.15) is 11.3 Å². The van der Waals surface area contributed by atoms with Crippen LogP contribution in [-0.4, -0.2) is 30.8 Å². The number of thioether (sulfide) groups is 1. The fourth-order valence-electron chi connectivity index (χ4n) is 1.16. The van der Waals surface area contributed by atoms with E-state index in [1.165, 1.54) is 23.1 Å². The average molecular weight is 333 g/mol. The monoisotopic (exact) mass is 332 g/mol. The van der Waals surface area contributed by atoms with Crippen LogP contribution in [0, 0.1) is 11.3 Å². The maximum atomic E-state index is 11.4. The number of nitrogens with zero attached hydrogens (tertiary/aromatic N) is 1. The van der Waals surface area contributed by atoms with E-state index in [1.807, 2.05) is 18.2 Å². The molecule has 0 aliphatic heterocycles. The Kier molecular flexibility index (Phi) is 8.11. The van der Waals surface area contributed by atoms with Gasteiger partial charge >= 0.3 is 5.97 Å². The van der Waals surface area contributed by atoms with E-state index < -0.39 is 11.9 Å². The molecule has 1 amide bonds. The van der Waals surface area contributed by atoms with E-state index in [-0.39, 0.29) is 25.3 Å². The maximum absolute atomic E-state index is 11.4. The summed E-state index contributed by atoms with van der Waals surface area (Å²) in [5.74, 6) is 0.0266. The summed E-state index contributed by atoms with van der Waals surface area (Å²) in [5, 5.41) is 10.8. The summed E-state index contributed by atoms with van der Waals surface area (Å²) in [4.78, 5) is 23.7. The highest BCUT2D eigenvalue weighted by atomic mass is 35.5. The van der Waals surface area contributed by atoms with Gasteiger partial charge in [0.1, 0.15) is 0 Å². The topological polar surface area (TPSA) is 79.2 Å². The van der Waals surface area contributed by atoms with Gasteiger partial charge in [0, 0.05) is 17.2 Å². The fourth-order valence-corrected chi connectivity index (χ4v) is 3.18. The number of carbonyl (C=O) groups is 2. The Morgan fingerprint density at radius 1 is 1.50 bits per heavy atom. The average Bonchev–Trinajstić information content (AvgIpc) is 2.82. The first kappa shape index (κ1) is 16.8. The number of hydrogen-bond acceptors (Lipinski definition) is 6. The summed E-state index contributed by atoms with van der Waals surface area (Å²) in [6, 6.07) is 5.62. The van der Waals surface area contributed by atoms with Crippen LogP contribution >= 0.6 is 34.7 Å². The van der Waals surface area contributed by atoms with Crippen molar-refractivity contribution in [1.29, 1.82) is 5.26 Å². The summed E-state index contributed by atoms with van der Waals surface area (Å²) in [7, 11) is 0. The van der Waals surface area contributed by atoms with Crippen LogP contribution in [0.4, 0.5) is 0 Å². The van der Waals surface area contributed by atoms with Gasteiger partial charge in [-0.05, 0) is 12.1 Å². The van der Waals surface area contributed by atoms with Crippen LogP contribution in [0.2, 0.25) is 4.34 Å². The van der Waals surface area contributed by atoms with Crippen molar-refractivity contribution in [2.24, 2.45) is 0 Å². The molecule has 0 saturated heterocycles. The molecule has 5 nitrogen and oxygen atoms in total. The Morgan fingerprint density at radius 2 is 2.30 bits per heavy atom. The zero-order valence-corrected chi connectivity index (χ0v) is 12.9. The number of amides is 1. The number of hydrogen-bond donors (Lipinski definition) is 1. The number of nitrogens with one attached hydrogen (secondary N) is 1. The molecule has 1 aromatic heterocycles. The second kappa shape index (κ2) is 9.64. The normalized spacial score (nSPS) is 9.80. The molecular weight excluding hydrogens is 320 g/mol. The molecular formula is C12H13ClN2O3S2. The Hall–Kier alpha value is -1.23. The third-order valence-electron chi connectivity index (χ3n) is 2.02. The van der Waals surface area contributed by atoms with Crippen molar-refractivity contribution < 1.29 is 14.3 Å². The summed E-state index contributed by atoms with van der Waals surface area (Å²) in [6.07, 6.45) is 0.235. The van der Waals surface area contributed by atoms with E-state index in [0.717, 1.165) is 9.21 Å². The lowest BCUT2D eigenvalue weighted by molar-refractivity contribution is -0.145. The summed E-state index contributed by atoms with van der Waals surface area (Å²) < 4.78 is 5.52. The first-order valence-electron chi connectivity index (χ1n) is 5.73. The second-order valence-electron chi connectivity index (χ2n) is 3.62. The molecule has 0 aliphatic carbocycles. The molecule has 0 saturated carbocycles. The number of carbonyl (C=O) groups excluding carboxylic acids is 2. The predicted molar refractivity (Wildman–Crippen MR) is 79.7 cm³/mol. The molecule has 8 heteroatoms. The Bertz CT molecular complexity index is 499. The van der Waals surface area contributed by atoms with Gasteiger partial charge in [-0.15, -0.1) is 23.1 Å². The minimum atomic E-state index is -0.437. The lowest BCUT2D eigenvalue weighted by Crippen LogP contribution is -2.29. The van der Waals surface area contributed by atoms with E-state index in [1.54, 1.807) is 0 Å². The van der Waals surface area contributed by atoms with Crippen LogP contribution in [0.15, 0.2) is 12.1 Å². The van der Waals surface area contributed by atoms with Gasteiger partial charge in [-0.3, -0.25) is 9.59 Å². The third kappa shape index (κ3) is 7.38. The molecule has 0 aliphatic rings. The van der Waals surface area contributed by atoms with Crippen LogP contribution < -0.4 is 5.32 Å². The van der Waals surface area contributed by atoms with Gasteiger partial charge in [-0.2, -0.15) is 5.26 Å². The van der Waals surface area contributed by atoms with Gasteiger partial charge in [-0.1, -0.05) is 11.6 Å². The lowest BCUT2D eigenvalue weighted by Gasteiger charge is -2.04. The quantitative estimate of drug-likeness (QED) is 0.583. The molecule has 1 N–H and O–H groups in total. The van der Waals surface area contributed by atoms with Gasteiger partial charge in [0.2, 0.25) is 0 Å². The molecule has 0 atom stereocenters. The zero-order chi connectivity index (χ0) is 14.8. The summed E-state index contributed by atoms with van der Waals surface area (Å²) in [6.45, 7) is -0.0452. The van der Waals surface area contributed by atoms with E-state index in [0.29, 0.717) is 5.75 Å². The van der Waals surface area contributed by atoms with E-state index >= 15 is 0 Å². The van der Waals surface area contributed by atoms with Crippen molar-refractivity contribution in [1.82, 2.24) is 5.32 Å². The Balaban J connectivity index is 2.08. The van der Waals surface area contributed by atoms with Gasteiger partial charge in [-0.25, -0.2) is 0 Å². The first-order valence-corrected chi connectivity index (χ1v) is 8.08. The molecule has 1 rings (SSSR count). The number of halogens is 1. The van der Waals surface area contributed by atoms with Gasteiger partial charge in [0.05, 0.1) is 22.6 Å². The van der Waals surface area contributed by atoms with Crippen molar-refractivity contribution >= 4 is 46.6 Å². The maximum Gasteiger partial charge on any atom is 0.316 e. The standard InChI is InChI=1S/C12H13ClN2O3S2/c13-10-3-2-9(20-10)7-19-8-12(17)18-6-11(16)15-5-1-4-14/h2-3H,1,5-8H2,(H,15,16). The third-order valence-corrected chi connectivity index (χ3v) is 4.39. The van der Waals surface area contributed by atoms with Crippen molar-refractivity contribution in [2.75, 3.05) is 18.9 Å². The fraction of sp³-hybridized carbons (Fsp3) is 0.417. The minimum absolute atomic E-state index is 0.182. The van der Waals surface area contributed by atoms with Crippen molar-refractivity contribution in [2.45, 2.75) is 12.2 Å². The van der Waals surface area contributed by atoms with Gasteiger partial charge < -0.3 is 10.1 Å². The highest BCUT2D eigenvalue weighted by molar-refractivity contribution is 7.99. The minimum Gasteiger partial charge on any atom is -0.455 e. The second-order valence-corrected chi connectivity index (χ2v) is 6.40. The van der Waals surface area contributed by atoms with Crippen LogP contribution in [0.5, 0.6) is 0 Å². The number of thiophene rings is 1.